The third kappa shape index (κ3) is 6.64. The summed E-state index contributed by atoms with van der Waals surface area (Å²) in [5, 5.41) is 11.8. The van der Waals surface area contributed by atoms with E-state index < -0.39 is 0 Å². The zero-order chi connectivity index (χ0) is 18.6. The molecule has 0 saturated carbocycles. The van der Waals surface area contributed by atoms with Crippen LogP contribution >= 0.6 is 0 Å². The molecule has 0 heterocycles. The molecule has 2 aromatic rings. The molecule has 0 aliphatic carbocycles. The first kappa shape index (κ1) is 19.0. The summed E-state index contributed by atoms with van der Waals surface area (Å²) >= 11 is 0. The van der Waals surface area contributed by atoms with Crippen LogP contribution in [-0.2, 0) is 0 Å². The number of nitrogens with two attached hydrogens (primary N) is 1. The molecule has 7 heteroatoms. The fourth-order valence-electron chi connectivity index (χ4n) is 1.99. The number of nitrogens with one attached hydrogen (secondary N) is 1. The number of benzene rings is 2. The molecule has 0 aromatic heterocycles. The molecule has 0 spiro atoms. The van der Waals surface area contributed by atoms with Gasteiger partial charge in [0.05, 0.1) is 25.6 Å². The topological polar surface area (TPSA) is 93.6 Å². The number of rotatable bonds is 8. The first-order valence-electron chi connectivity index (χ1n) is 8.32. The Hall–Kier alpha value is -3.35. The van der Waals surface area contributed by atoms with Crippen LogP contribution in [0.1, 0.15) is 25.0 Å². The molecule has 26 heavy (non-hydrogen) atoms. The number of ether oxygens (including phenoxy) is 2. The summed E-state index contributed by atoms with van der Waals surface area (Å²) in [6, 6.07) is 15.1. The van der Waals surface area contributed by atoms with E-state index in [1.807, 2.05) is 62.4 Å². The van der Waals surface area contributed by atoms with E-state index in [4.69, 9.17) is 15.2 Å². The molecule has 0 fully saturated rings. The van der Waals surface area contributed by atoms with Gasteiger partial charge in [-0.2, -0.15) is 10.2 Å². The zero-order valence-electron chi connectivity index (χ0n) is 14.9. The third-order valence-corrected chi connectivity index (χ3v) is 3.15. The second kappa shape index (κ2) is 10.5. The standard InChI is InChI=1S/C19H23N5O2/c1-3-25-17-9-5-15(6-10-17)13-21-23-19(20)24-22-14-16-7-11-18(12-8-16)26-4-2/h5-14H,3-4H2,1-2H3,(H3,20,23,24). The molecule has 7 nitrogen and oxygen atoms in total. The predicted molar refractivity (Wildman–Crippen MR) is 105 cm³/mol. The minimum absolute atomic E-state index is 0.0920. The Morgan fingerprint density at radius 3 is 1.88 bits per heavy atom. The maximum Gasteiger partial charge on any atom is 0.234 e. The van der Waals surface area contributed by atoms with Gasteiger partial charge in [0.2, 0.25) is 5.96 Å². The fourth-order valence-corrected chi connectivity index (χ4v) is 1.99. The van der Waals surface area contributed by atoms with E-state index in [-0.39, 0.29) is 5.96 Å². The number of hydrazone groups is 1. The summed E-state index contributed by atoms with van der Waals surface area (Å²) in [4.78, 5) is 0. The molecule has 0 amide bonds. The maximum atomic E-state index is 5.70. The lowest BCUT2D eigenvalue weighted by atomic mass is 10.2. The fraction of sp³-hybridized carbons (Fsp3) is 0.211. The lowest BCUT2D eigenvalue weighted by Gasteiger charge is -2.02. The molecule has 0 radical (unpaired) electrons. The van der Waals surface area contributed by atoms with Crippen LogP contribution in [0, 0.1) is 0 Å². The molecule has 0 aliphatic heterocycles. The predicted octanol–water partition coefficient (Wildman–Crippen LogP) is 2.76. The van der Waals surface area contributed by atoms with Crippen molar-refractivity contribution in [2.45, 2.75) is 13.8 Å². The SMILES string of the molecule is CCOc1ccc(C=NN=C(N)NN=Cc2ccc(OCC)cc2)cc1. The molecule has 2 rings (SSSR count). The molecule has 0 unspecified atom stereocenters. The molecule has 136 valence electrons. The first-order chi connectivity index (χ1) is 12.7. The average Bonchev–Trinajstić information content (AvgIpc) is 2.65. The van der Waals surface area contributed by atoms with Gasteiger partial charge in [0.15, 0.2) is 0 Å². The highest BCUT2D eigenvalue weighted by Crippen LogP contribution is 2.11. The highest BCUT2D eigenvalue weighted by molar-refractivity contribution is 5.84. The summed E-state index contributed by atoms with van der Waals surface area (Å²) in [7, 11) is 0. The van der Waals surface area contributed by atoms with E-state index in [1.54, 1.807) is 12.4 Å². The molecule has 3 N–H and O–H groups in total. The van der Waals surface area contributed by atoms with Crippen LogP contribution in [0.5, 0.6) is 11.5 Å². The van der Waals surface area contributed by atoms with Gasteiger partial charge in [0.1, 0.15) is 11.5 Å². The van der Waals surface area contributed by atoms with Crippen molar-refractivity contribution in [1.29, 1.82) is 0 Å². The first-order valence-corrected chi connectivity index (χ1v) is 8.32. The zero-order valence-corrected chi connectivity index (χ0v) is 14.9. The molecular formula is C19H23N5O2. The van der Waals surface area contributed by atoms with Crippen molar-refractivity contribution in [1.82, 2.24) is 5.43 Å². The minimum Gasteiger partial charge on any atom is -0.494 e. The van der Waals surface area contributed by atoms with Crippen molar-refractivity contribution in [2.24, 2.45) is 21.0 Å². The van der Waals surface area contributed by atoms with Gasteiger partial charge in [-0.3, -0.25) is 0 Å². The molecule has 0 atom stereocenters. The Kier molecular flexibility index (Phi) is 7.67. The van der Waals surface area contributed by atoms with E-state index in [0.717, 1.165) is 22.6 Å². The Balaban J connectivity index is 1.83. The Morgan fingerprint density at radius 1 is 0.885 bits per heavy atom. The van der Waals surface area contributed by atoms with Crippen LogP contribution in [0.2, 0.25) is 0 Å². The highest BCUT2D eigenvalue weighted by atomic mass is 16.5. The van der Waals surface area contributed by atoms with Crippen LogP contribution in [-0.4, -0.2) is 31.6 Å². The van der Waals surface area contributed by atoms with Crippen LogP contribution in [0.4, 0.5) is 0 Å². The van der Waals surface area contributed by atoms with Gasteiger partial charge >= 0.3 is 0 Å². The van der Waals surface area contributed by atoms with Crippen LogP contribution in [0.25, 0.3) is 0 Å². The third-order valence-electron chi connectivity index (χ3n) is 3.15. The van der Waals surface area contributed by atoms with E-state index in [0.29, 0.717) is 13.2 Å². The summed E-state index contributed by atoms with van der Waals surface area (Å²) in [5.74, 6) is 1.73. The molecule has 0 saturated heterocycles. The van der Waals surface area contributed by atoms with E-state index in [1.165, 1.54) is 0 Å². The number of nitrogens with zero attached hydrogens (tertiary/aromatic N) is 3. The van der Waals surface area contributed by atoms with Gasteiger partial charge in [-0.25, -0.2) is 5.43 Å². The summed E-state index contributed by atoms with van der Waals surface area (Å²) in [6.45, 7) is 5.16. The van der Waals surface area contributed by atoms with E-state index in [9.17, 15) is 0 Å². The quantitative estimate of drug-likeness (QED) is 0.433. The van der Waals surface area contributed by atoms with E-state index >= 15 is 0 Å². The Morgan fingerprint density at radius 2 is 1.38 bits per heavy atom. The van der Waals surface area contributed by atoms with Crippen molar-refractivity contribution >= 4 is 18.4 Å². The smallest absolute Gasteiger partial charge is 0.234 e. The van der Waals surface area contributed by atoms with Gasteiger partial charge in [-0.05, 0) is 73.5 Å². The van der Waals surface area contributed by atoms with Crippen molar-refractivity contribution in [3.8, 4) is 11.5 Å². The molecule has 0 aliphatic rings. The minimum atomic E-state index is 0.0920. The van der Waals surface area contributed by atoms with Crippen LogP contribution in [0.15, 0.2) is 63.8 Å². The number of guanidine groups is 1. The van der Waals surface area contributed by atoms with Crippen molar-refractivity contribution < 1.29 is 9.47 Å². The van der Waals surface area contributed by atoms with Crippen molar-refractivity contribution in [3.63, 3.8) is 0 Å². The maximum absolute atomic E-state index is 5.70. The van der Waals surface area contributed by atoms with Gasteiger partial charge < -0.3 is 15.2 Å². The number of hydrogen-bond acceptors (Lipinski definition) is 5. The van der Waals surface area contributed by atoms with Crippen LogP contribution < -0.4 is 20.6 Å². The average molecular weight is 353 g/mol. The number of hydrogen-bond donors (Lipinski definition) is 2. The van der Waals surface area contributed by atoms with Crippen molar-refractivity contribution in [3.05, 3.63) is 59.7 Å². The highest BCUT2D eigenvalue weighted by Gasteiger charge is 1.93. The normalized spacial score (nSPS) is 11.8. The largest absolute Gasteiger partial charge is 0.494 e. The Labute approximate surface area is 153 Å². The van der Waals surface area contributed by atoms with Crippen LogP contribution in [0.3, 0.4) is 0 Å². The lowest BCUT2D eigenvalue weighted by molar-refractivity contribution is 0.340. The molecule has 2 aromatic carbocycles. The van der Waals surface area contributed by atoms with E-state index in [2.05, 4.69) is 20.7 Å². The lowest BCUT2D eigenvalue weighted by Crippen LogP contribution is -2.26. The second-order valence-corrected chi connectivity index (χ2v) is 5.10. The second-order valence-electron chi connectivity index (χ2n) is 5.10. The summed E-state index contributed by atoms with van der Waals surface area (Å²) < 4.78 is 10.8. The van der Waals surface area contributed by atoms with Crippen molar-refractivity contribution in [2.75, 3.05) is 13.2 Å². The summed E-state index contributed by atoms with van der Waals surface area (Å²) in [5.41, 5.74) is 10.1. The van der Waals surface area contributed by atoms with Gasteiger partial charge in [-0.15, -0.1) is 5.10 Å². The molecular weight excluding hydrogens is 330 g/mol. The summed E-state index contributed by atoms with van der Waals surface area (Å²) in [6.07, 6.45) is 3.23. The molecule has 0 bridgehead atoms. The van der Waals surface area contributed by atoms with Gasteiger partial charge in [0.25, 0.3) is 0 Å². The van der Waals surface area contributed by atoms with Gasteiger partial charge in [-0.1, -0.05) is 0 Å². The monoisotopic (exact) mass is 353 g/mol. The Bertz CT molecular complexity index is 753. The van der Waals surface area contributed by atoms with Gasteiger partial charge in [0, 0.05) is 0 Å².